The molecule has 1 amide bonds. The second-order valence-corrected chi connectivity index (χ2v) is 5.09. The van der Waals surface area contributed by atoms with Crippen LogP contribution in [0.5, 0.6) is 0 Å². The van der Waals surface area contributed by atoms with E-state index in [0.717, 1.165) is 12.4 Å². The molecule has 0 spiro atoms. The maximum atomic E-state index is 12.6. The predicted molar refractivity (Wildman–Crippen MR) is 74.4 cm³/mol. The molecule has 0 aromatic carbocycles. The number of hydrogen-bond donors (Lipinski definition) is 0. The third-order valence-corrected chi connectivity index (χ3v) is 3.54. The average Bonchev–Trinajstić information content (AvgIpc) is 2.86. The first-order valence-corrected chi connectivity index (χ1v) is 6.82. The molecule has 1 unspecified atom stereocenters. The monoisotopic (exact) mass is 287 g/mol. The summed E-state index contributed by atoms with van der Waals surface area (Å²) in [6.07, 6.45) is 8.27. The number of rotatable bonds is 3. The van der Waals surface area contributed by atoms with E-state index in [-0.39, 0.29) is 11.8 Å². The molecule has 1 aliphatic heterocycles. The SMILES string of the molecule is COCC1CN(C(=O)c2cnccn2)Cc2nccn2C1. The molecule has 0 saturated carbocycles. The lowest BCUT2D eigenvalue weighted by molar-refractivity contribution is 0.0660. The van der Waals surface area contributed by atoms with Gasteiger partial charge in [0.15, 0.2) is 0 Å². The van der Waals surface area contributed by atoms with Crippen LogP contribution in [0, 0.1) is 5.92 Å². The van der Waals surface area contributed by atoms with Gasteiger partial charge in [-0.1, -0.05) is 0 Å². The van der Waals surface area contributed by atoms with E-state index in [4.69, 9.17) is 4.74 Å². The summed E-state index contributed by atoms with van der Waals surface area (Å²) in [7, 11) is 1.68. The van der Waals surface area contributed by atoms with E-state index < -0.39 is 0 Å². The highest BCUT2D eigenvalue weighted by Crippen LogP contribution is 2.17. The molecule has 1 atom stereocenters. The Hall–Kier alpha value is -2.28. The first-order chi connectivity index (χ1) is 10.3. The number of aromatic nitrogens is 4. The van der Waals surface area contributed by atoms with Gasteiger partial charge in [-0.2, -0.15) is 0 Å². The second-order valence-electron chi connectivity index (χ2n) is 5.09. The number of nitrogens with zero attached hydrogens (tertiary/aromatic N) is 5. The lowest BCUT2D eigenvalue weighted by Crippen LogP contribution is -2.35. The standard InChI is InChI=1S/C14H17N5O2/c1-21-10-11-7-18-5-4-17-13(18)9-19(8-11)14(20)12-6-15-2-3-16-12/h2-6,11H,7-10H2,1H3. The highest BCUT2D eigenvalue weighted by Gasteiger charge is 2.26. The summed E-state index contributed by atoms with van der Waals surface area (Å²) >= 11 is 0. The molecule has 2 aromatic rings. The number of carbonyl (C=O) groups is 1. The quantitative estimate of drug-likeness (QED) is 0.826. The van der Waals surface area contributed by atoms with E-state index >= 15 is 0 Å². The first kappa shape index (κ1) is 13.7. The summed E-state index contributed by atoms with van der Waals surface area (Å²) in [5.74, 6) is 0.984. The Labute approximate surface area is 122 Å². The number of hydrogen-bond acceptors (Lipinski definition) is 5. The summed E-state index contributed by atoms with van der Waals surface area (Å²) < 4.78 is 7.34. The van der Waals surface area contributed by atoms with E-state index in [1.165, 1.54) is 12.4 Å². The smallest absolute Gasteiger partial charge is 0.274 e. The molecule has 3 rings (SSSR count). The predicted octanol–water partition coefficient (Wildman–Crippen LogP) is 0.592. The summed E-state index contributed by atoms with van der Waals surface area (Å²) in [5.41, 5.74) is 0.355. The molecule has 110 valence electrons. The van der Waals surface area contributed by atoms with E-state index in [1.54, 1.807) is 24.4 Å². The van der Waals surface area contributed by atoms with Crippen LogP contribution in [0.3, 0.4) is 0 Å². The zero-order valence-corrected chi connectivity index (χ0v) is 11.8. The van der Waals surface area contributed by atoms with Crippen LogP contribution in [0.2, 0.25) is 0 Å². The van der Waals surface area contributed by atoms with Crippen molar-refractivity contribution >= 4 is 5.91 Å². The molecule has 2 aromatic heterocycles. The van der Waals surface area contributed by atoms with Gasteiger partial charge in [0.25, 0.3) is 5.91 Å². The maximum Gasteiger partial charge on any atom is 0.274 e. The zero-order valence-electron chi connectivity index (χ0n) is 11.8. The fourth-order valence-electron chi connectivity index (χ4n) is 2.61. The van der Waals surface area contributed by atoms with Gasteiger partial charge in [-0.3, -0.25) is 9.78 Å². The van der Waals surface area contributed by atoms with Crippen molar-refractivity contribution in [1.82, 2.24) is 24.4 Å². The molecule has 7 nitrogen and oxygen atoms in total. The number of carbonyl (C=O) groups excluding carboxylic acids is 1. The minimum atomic E-state index is -0.124. The van der Waals surface area contributed by atoms with Gasteiger partial charge in [0.1, 0.15) is 11.5 Å². The fourth-order valence-corrected chi connectivity index (χ4v) is 2.61. The Morgan fingerprint density at radius 2 is 2.24 bits per heavy atom. The molecule has 0 N–H and O–H groups in total. The Bertz CT molecular complexity index is 613. The van der Waals surface area contributed by atoms with Crippen LogP contribution < -0.4 is 0 Å². The van der Waals surface area contributed by atoms with E-state index in [9.17, 15) is 4.79 Å². The molecule has 0 radical (unpaired) electrons. The molecule has 7 heteroatoms. The minimum Gasteiger partial charge on any atom is -0.384 e. The van der Waals surface area contributed by atoms with Gasteiger partial charge >= 0.3 is 0 Å². The van der Waals surface area contributed by atoms with Gasteiger partial charge in [0.05, 0.1) is 19.3 Å². The molecule has 0 aliphatic carbocycles. The summed E-state index contributed by atoms with van der Waals surface area (Å²) in [4.78, 5) is 26.7. The van der Waals surface area contributed by atoms with Crippen LogP contribution in [-0.2, 0) is 17.8 Å². The molecule has 3 heterocycles. The maximum absolute atomic E-state index is 12.6. The van der Waals surface area contributed by atoms with Gasteiger partial charge in [0.2, 0.25) is 0 Å². The van der Waals surface area contributed by atoms with Gasteiger partial charge in [-0.15, -0.1) is 0 Å². The lowest BCUT2D eigenvalue weighted by Gasteiger charge is -2.23. The van der Waals surface area contributed by atoms with Crippen LogP contribution in [-0.4, -0.2) is 50.6 Å². The summed E-state index contributed by atoms with van der Waals surface area (Å²) in [5, 5.41) is 0. The number of ether oxygens (including phenoxy) is 1. The normalized spacial score (nSPS) is 18.1. The molecular weight excluding hydrogens is 270 g/mol. The second kappa shape index (κ2) is 6.01. The van der Waals surface area contributed by atoms with Gasteiger partial charge in [-0.05, 0) is 0 Å². The highest BCUT2D eigenvalue weighted by molar-refractivity contribution is 5.91. The van der Waals surface area contributed by atoms with Crippen molar-refractivity contribution in [3.05, 3.63) is 42.5 Å². The lowest BCUT2D eigenvalue weighted by atomic mass is 10.1. The van der Waals surface area contributed by atoms with Crippen LogP contribution >= 0.6 is 0 Å². The van der Waals surface area contributed by atoms with Crippen molar-refractivity contribution < 1.29 is 9.53 Å². The summed E-state index contributed by atoms with van der Waals surface area (Å²) in [6, 6.07) is 0. The van der Waals surface area contributed by atoms with Gasteiger partial charge < -0.3 is 14.2 Å². The Balaban J connectivity index is 1.86. The number of imidazole rings is 1. The Kier molecular flexibility index (Phi) is 3.92. The molecule has 0 bridgehead atoms. The third kappa shape index (κ3) is 2.92. The van der Waals surface area contributed by atoms with E-state index in [2.05, 4.69) is 19.5 Å². The average molecular weight is 287 g/mol. The topological polar surface area (TPSA) is 73.1 Å². The van der Waals surface area contributed by atoms with Crippen LogP contribution in [0.1, 0.15) is 16.3 Å². The molecule has 0 saturated heterocycles. The number of fused-ring (bicyclic) bond motifs is 1. The highest BCUT2D eigenvalue weighted by atomic mass is 16.5. The fraction of sp³-hybridized carbons (Fsp3) is 0.429. The Morgan fingerprint density at radius 1 is 1.33 bits per heavy atom. The van der Waals surface area contributed by atoms with Crippen LogP contribution in [0.4, 0.5) is 0 Å². The van der Waals surface area contributed by atoms with E-state index in [1.807, 2.05) is 6.20 Å². The van der Waals surface area contributed by atoms with Crippen molar-refractivity contribution in [3.63, 3.8) is 0 Å². The summed E-state index contributed by atoms with van der Waals surface area (Å²) in [6.45, 7) is 2.49. The third-order valence-electron chi connectivity index (χ3n) is 3.54. The Morgan fingerprint density at radius 3 is 3.00 bits per heavy atom. The van der Waals surface area contributed by atoms with Crippen LogP contribution in [0.15, 0.2) is 31.0 Å². The van der Waals surface area contributed by atoms with Crippen molar-refractivity contribution in [2.75, 3.05) is 20.3 Å². The molecule has 1 aliphatic rings. The first-order valence-electron chi connectivity index (χ1n) is 6.82. The van der Waals surface area contributed by atoms with Gasteiger partial charge in [-0.25, -0.2) is 9.97 Å². The molecule has 21 heavy (non-hydrogen) atoms. The molecular formula is C14H17N5O2. The minimum absolute atomic E-state index is 0.124. The molecule has 0 fully saturated rings. The number of amides is 1. The largest absolute Gasteiger partial charge is 0.384 e. The van der Waals surface area contributed by atoms with Crippen molar-refractivity contribution in [2.45, 2.75) is 13.1 Å². The van der Waals surface area contributed by atoms with Crippen LogP contribution in [0.25, 0.3) is 0 Å². The van der Waals surface area contributed by atoms with Gasteiger partial charge in [0, 0.05) is 50.9 Å². The zero-order chi connectivity index (χ0) is 14.7. The van der Waals surface area contributed by atoms with E-state index in [0.29, 0.717) is 25.4 Å². The van der Waals surface area contributed by atoms with Crippen molar-refractivity contribution in [3.8, 4) is 0 Å². The van der Waals surface area contributed by atoms with Crippen molar-refractivity contribution in [1.29, 1.82) is 0 Å². The number of methoxy groups -OCH3 is 1. The van der Waals surface area contributed by atoms with Crippen molar-refractivity contribution in [2.24, 2.45) is 5.92 Å².